The maximum absolute atomic E-state index is 13.1. The van der Waals surface area contributed by atoms with Crippen molar-refractivity contribution in [2.24, 2.45) is 7.05 Å². The monoisotopic (exact) mass is 368 g/mol. The predicted octanol–water partition coefficient (Wildman–Crippen LogP) is 5.56. The van der Waals surface area contributed by atoms with Gasteiger partial charge in [0.2, 0.25) is 0 Å². The first kappa shape index (κ1) is 18.2. The molecule has 0 radical (unpaired) electrons. The van der Waals surface area contributed by atoms with E-state index in [1.165, 1.54) is 11.1 Å². The number of hydrogen-bond acceptors (Lipinski definition) is 2. The van der Waals surface area contributed by atoms with Crippen molar-refractivity contribution >= 4 is 16.8 Å². The summed E-state index contributed by atoms with van der Waals surface area (Å²) in [6, 6.07) is 28.7. The summed E-state index contributed by atoms with van der Waals surface area (Å²) in [6.45, 7) is 0. The van der Waals surface area contributed by atoms with Gasteiger partial charge in [-0.1, -0.05) is 72.8 Å². The van der Waals surface area contributed by atoms with Gasteiger partial charge in [0.1, 0.15) is 0 Å². The number of carbonyl (C=O) groups is 1. The van der Waals surface area contributed by atoms with Crippen LogP contribution in [0.15, 0.2) is 84.9 Å². The first-order valence-electron chi connectivity index (χ1n) is 9.76. The van der Waals surface area contributed by atoms with Gasteiger partial charge in [-0.2, -0.15) is 0 Å². The maximum Gasteiger partial charge on any atom is 0.198 e. The molecule has 3 nitrogen and oxygen atoms in total. The number of carbonyl (C=O) groups excluding carboxylic acids is 1. The number of aromatic nitrogens is 2. The van der Waals surface area contributed by atoms with Gasteiger partial charge in [-0.15, -0.1) is 0 Å². The van der Waals surface area contributed by atoms with Crippen molar-refractivity contribution in [3.63, 3.8) is 0 Å². The molecule has 0 fully saturated rings. The second kappa shape index (κ2) is 8.22. The molecule has 3 heteroatoms. The number of aryl methyl sites for hydroxylation is 2. The van der Waals surface area contributed by atoms with Gasteiger partial charge in [-0.3, -0.25) is 4.79 Å². The van der Waals surface area contributed by atoms with Crippen LogP contribution in [0.2, 0.25) is 0 Å². The first-order chi connectivity index (χ1) is 13.7. The van der Waals surface area contributed by atoms with Crippen LogP contribution in [0.5, 0.6) is 0 Å². The van der Waals surface area contributed by atoms with Crippen molar-refractivity contribution in [2.45, 2.75) is 25.2 Å². The highest BCUT2D eigenvalue weighted by Gasteiger charge is 2.21. The van der Waals surface area contributed by atoms with Crippen molar-refractivity contribution in [1.82, 2.24) is 9.55 Å². The summed E-state index contributed by atoms with van der Waals surface area (Å²) in [4.78, 5) is 17.7. The van der Waals surface area contributed by atoms with Gasteiger partial charge >= 0.3 is 0 Å². The van der Waals surface area contributed by atoms with Gasteiger partial charge in [-0.05, 0) is 42.0 Å². The van der Waals surface area contributed by atoms with Crippen LogP contribution in [-0.4, -0.2) is 15.3 Å². The molecule has 1 heterocycles. The highest BCUT2D eigenvalue weighted by molar-refractivity contribution is 5.96. The number of fused-ring (bicyclic) bond motifs is 1. The lowest BCUT2D eigenvalue weighted by molar-refractivity contribution is 0.0959. The fraction of sp³-hybridized carbons (Fsp3) is 0.200. The summed E-state index contributed by atoms with van der Waals surface area (Å²) in [5, 5.41) is 0. The van der Waals surface area contributed by atoms with E-state index in [0.29, 0.717) is 12.2 Å². The van der Waals surface area contributed by atoms with E-state index < -0.39 is 0 Å². The minimum atomic E-state index is 0.0978. The minimum absolute atomic E-state index is 0.0978. The fourth-order valence-electron chi connectivity index (χ4n) is 3.81. The molecule has 0 amide bonds. The molecular weight excluding hydrogens is 344 g/mol. The Labute approximate surface area is 165 Å². The Kier molecular flexibility index (Phi) is 5.34. The Morgan fingerprint density at radius 1 is 0.893 bits per heavy atom. The second-order valence-electron chi connectivity index (χ2n) is 7.24. The number of para-hydroxylation sites is 2. The number of imidazole rings is 1. The van der Waals surface area contributed by atoms with Gasteiger partial charge in [0, 0.05) is 13.5 Å². The van der Waals surface area contributed by atoms with E-state index in [9.17, 15) is 4.79 Å². The van der Waals surface area contributed by atoms with Crippen LogP contribution < -0.4 is 0 Å². The molecule has 0 bridgehead atoms. The zero-order valence-electron chi connectivity index (χ0n) is 16.1. The van der Waals surface area contributed by atoms with E-state index in [-0.39, 0.29) is 11.7 Å². The smallest absolute Gasteiger partial charge is 0.198 e. The van der Waals surface area contributed by atoms with Crippen LogP contribution in [0.25, 0.3) is 11.0 Å². The average molecular weight is 368 g/mol. The van der Waals surface area contributed by atoms with Gasteiger partial charge in [0.25, 0.3) is 0 Å². The number of rotatable bonds is 7. The van der Waals surface area contributed by atoms with Crippen LogP contribution in [-0.2, 0) is 13.5 Å². The number of ketones is 1. The number of hydrogen-bond donors (Lipinski definition) is 0. The summed E-state index contributed by atoms with van der Waals surface area (Å²) in [5.74, 6) is 0.816. The maximum atomic E-state index is 13.1. The largest absolute Gasteiger partial charge is 0.325 e. The molecule has 140 valence electrons. The van der Waals surface area contributed by atoms with E-state index in [4.69, 9.17) is 0 Å². The minimum Gasteiger partial charge on any atom is -0.325 e. The summed E-state index contributed by atoms with van der Waals surface area (Å²) < 4.78 is 1.91. The highest BCUT2D eigenvalue weighted by Crippen LogP contribution is 2.27. The molecule has 0 aliphatic rings. The van der Waals surface area contributed by atoms with Crippen molar-refractivity contribution in [2.75, 3.05) is 0 Å². The quantitative estimate of drug-likeness (QED) is 0.400. The molecule has 0 N–H and O–H groups in total. The van der Waals surface area contributed by atoms with Crippen LogP contribution >= 0.6 is 0 Å². The molecule has 1 aromatic heterocycles. The first-order valence-corrected chi connectivity index (χ1v) is 9.76. The summed E-state index contributed by atoms with van der Waals surface area (Å²) >= 11 is 0. The molecule has 4 rings (SSSR count). The second-order valence-corrected chi connectivity index (χ2v) is 7.24. The molecule has 0 spiro atoms. The predicted molar refractivity (Wildman–Crippen MR) is 114 cm³/mol. The van der Waals surface area contributed by atoms with Crippen LogP contribution in [0.1, 0.15) is 40.5 Å². The SMILES string of the molecule is Cn1c(C(=O)CC(CCc2ccccc2)c2ccccc2)nc2ccccc21. The van der Waals surface area contributed by atoms with Crippen LogP contribution in [0.4, 0.5) is 0 Å². The Morgan fingerprint density at radius 2 is 1.54 bits per heavy atom. The third-order valence-corrected chi connectivity index (χ3v) is 5.36. The number of benzene rings is 3. The van der Waals surface area contributed by atoms with Gasteiger partial charge in [0.05, 0.1) is 11.0 Å². The van der Waals surface area contributed by atoms with E-state index in [2.05, 4.69) is 41.4 Å². The molecule has 4 aromatic rings. The summed E-state index contributed by atoms with van der Waals surface area (Å²) in [6.07, 6.45) is 2.36. The van der Waals surface area contributed by atoms with Gasteiger partial charge in [0.15, 0.2) is 11.6 Å². The van der Waals surface area contributed by atoms with E-state index in [1.54, 1.807) is 0 Å². The van der Waals surface area contributed by atoms with E-state index >= 15 is 0 Å². The van der Waals surface area contributed by atoms with Gasteiger partial charge < -0.3 is 4.57 Å². The molecule has 0 aliphatic carbocycles. The third-order valence-electron chi connectivity index (χ3n) is 5.36. The van der Waals surface area contributed by atoms with E-state index in [0.717, 1.165) is 23.9 Å². The van der Waals surface area contributed by atoms with Crippen LogP contribution in [0, 0.1) is 0 Å². The number of nitrogens with zero attached hydrogens (tertiary/aromatic N) is 2. The van der Waals surface area contributed by atoms with Crippen molar-refractivity contribution in [1.29, 1.82) is 0 Å². The fourth-order valence-corrected chi connectivity index (χ4v) is 3.81. The molecule has 28 heavy (non-hydrogen) atoms. The van der Waals surface area contributed by atoms with Gasteiger partial charge in [-0.25, -0.2) is 4.98 Å². The molecule has 1 atom stereocenters. The van der Waals surface area contributed by atoms with Crippen LogP contribution in [0.3, 0.4) is 0 Å². The van der Waals surface area contributed by atoms with Crippen molar-refractivity contribution in [3.8, 4) is 0 Å². The Balaban J connectivity index is 1.57. The zero-order chi connectivity index (χ0) is 19.3. The molecule has 0 saturated carbocycles. The highest BCUT2D eigenvalue weighted by atomic mass is 16.1. The van der Waals surface area contributed by atoms with E-state index in [1.807, 2.05) is 60.1 Å². The topological polar surface area (TPSA) is 34.9 Å². The molecule has 1 unspecified atom stereocenters. The lowest BCUT2D eigenvalue weighted by Gasteiger charge is -2.17. The Morgan fingerprint density at radius 3 is 2.25 bits per heavy atom. The third kappa shape index (κ3) is 3.89. The Hall–Kier alpha value is -3.20. The molecule has 3 aromatic carbocycles. The van der Waals surface area contributed by atoms with Crippen molar-refractivity contribution in [3.05, 3.63) is 102 Å². The molecule has 0 aliphatic heterocycles. The van der Waals surface area contributed by atoms with Crippen molar-refractivity contribution < 1.29 is 4.79 Å². The molecular formula is C25H24N2O. The number of Topliss-reactive ketones (excluding diaryl/α,β-unsaturated/α-hetero) is 1. The normalized spacial score (nSPS) is 12.2. The molecule has 0 saturated heterocycles. The summed E-state index contributed by atoms with van der Waals surface area (Å²) in [5.41, 5.74) is 4.38. The standard InChI is InChI=1S/C25H24N2O/c1-27-23-15-9-8-14-22(23)26-25(27)24(28)18-21(20-12-6-3-7-13-20)17-16-19-10-4-2-5-11-19/h2-15,21H,16-18H2,1H3. The summed E-state index contributed by atoms with van der Waals surface area (Å²) in [7, 11) is 1.92. The lowest BCUT2D eigenvalue weighted by atomic mass is 9.88. The zero-order valence-corrected chi connectivity index (χ0v) is 16.1. The lowest BCUT2D eigenvalue weighted by Crippen LogP contribution is -2.13. The average Bonchev–Trinajstić information content (AvgIpc) is 3.09. The Bertz CT molecular complexity index is 1070.